The van der Waals surface area contributed by atoms with Crippen LogP contribution < -0.4 is 11.1 Å². The van der Waals surface area contributed by atoms with Crippen molar-refractivity contribution in [1.29, 1.82) is 0 Å². The smallest absolute Gasteiger partial charge is 0.106 e. The topological polar surface area (TPSA) is 64.4 Å². The minimum atomic E-state index is 0.324. The van der Waals surface area contributed by atoms with Gasteiger partial charge in [0.05, 0.1) is 6.61 Å². The lowest BCUT2D eigenvalue weighted by atomic mass is 10.0. The standard InChI is InChI=1S/C9H21N.C4H9NO.CH2O/c1-8(2)6-5-7-9(3)10-4;5-4-1-2-6-3-4;1-2/h8-10H,5-7H2,1-4H3;4H,1-3,5H2;1H2. The molecule has 1 saturated heterocycles. The first-order valence-corrected chi connectivity index (χ1v) is 6.85. The van der Waals surface area contributed by atoms with Gasteiger partial charge in [-0.05, 0) is 32.7 Å². The molecule has 1 aliphatic heterocycles. The summed E-state index contributed by atoms with van der Waals surface area (Å²) in [7, 11) is 2.03. The number of nitrogens with two attached hydrogens (primary N) is 1. The summed E-state index contributed by atoms with van der Waals surface area (Å²) < 4.78 is 4.93. The molecule has 0 bridgehead atoms. The first kappa shape index (κ1) is 19.9. The highest BCUT2D eigenvalue weighted by molar-refractivity contribution is 5.10. The highest BCUT2D eigenvalue weighted by atomic mass is 16.5. The quantitative estimate of drug-likeness (QED) is 0.793. The molecule has 0 aliphatic carbocycles. The lowest BCUT2D eigenvalue weighted by molar-refractivity contribution is -0.0979. The molecule has 1 rings (SSSR count). The highest BCUT2D eigenvalue weighted by Gasteiger charge is 2.08. The number of carbonyl (C=O) groups excluding carboxylic acids is 1. The summed E-state index contributed by atoms with van der Waals surface area (Å²) in [6.45, 7) is 10.4. The van der Waals surface area contributed by atoms with Gasteiger partial charge in [0.2, 0.25) is 0 Å². The number of hydrogen-bond acceptors (Lipinski definition) is 4. The maximum absolute atomic E-state index is 8.00. The molecule has 18 heavy (non-hydrogen) atoms. The van der Waals surface area contributed by atoms with E-state index in [-0.39, 0.29) is 0 Å². The molecule has 0 amide bonds. The SMILES string of the molecule is C=O.CNC(C)CCCC(C)C.NC1CCOC1. The molecule has 0 aromatic heterocycles. The molecule has 1 heterocycles. The Morgan fingerprint density at radius 3 is 2.22 bits per heavy atom. The van der Waals surface area contributed by atoms with Crippen LogP contribution in [0, 0.1) is 5.92 Å². The van der Waals surface area contributed by atoms with Crippen molar-refractivity contribution in [2.24, 2.45) is 11.7 Å². The number of ether oxygens (including phenoxy) is 1. The molecule has 0 aromatic rings. The van der Waals surface area contributed by atoms with E-state index < -0.39 is 0 Å². The average molecular weight is 260 g/mol. The van der Waals surface area contributed by atoms with Crippen LogP contribution in [0.3, 0.4) is 0 Å². The van der Waals surface area contributed by atoms with E-state index in [1.807, 2.05) is 13.8 Å². The molecule has 1 aliphatic rings. The minimum Gasteiger partial charge on any atom is -0.380 e. The fraction of sp³-hybridized carbons (Fsp3) is 0.929. The lowest BCUT2D eigenvalue weighted by Gasteiger charge is -2.10. The van der Waals surface area contributed by atoms with Gasteiger partial charge >= 0.3 is 0 Å². The van der Waals surface area contributed by atoms with Crippen LogP contribution in [0.25, 0.3) is 0 Å². The predicted octanol–water partition coefficient (Wildman–Crippen LogP) is 1.97. The van der Waals surface area contributed by atoms with Crippen molar-refractivity contribution in [1.82, 2.24) is 5.32 Å². The summed E-state index contributed by atoms with van der Waals surface area (Å²) in [5.41, 5.74) is 5.41. The molecule has 110 valence electrons. The van der Waals surface area contributed by atoms with Gasteiger partial charge in [0.15, 0.2) is 0 Å². The summed E-state index contributed by atoms with van der Waals surface area (Å²) in [5.74, 6) is 0.865. The third-order valence-corrected chi connectivity index (χ3v) is 2.88. The molecule has 3 N–H and O–H groups in total. The Labute approximate surface area is 113 Å². The molecular formula is C14H32N2O2. The van der Waals surface area contributed by atoms with Crippen LogP contribution in [0.15, 0.2) is 0 Å². The third kappa shape index (κ3) is 15.6. The highest BCUT2D eigenvalue weighted by Crippen LogP contribution is 2.07. The van der Waals surface area contributed by atoms with Crippen LogP contribution in [-0.2, 0) is 9.53 Å². The molecule has 4 heteroatoms. The molecule has 2 atom stereocenters. The van der Waals surface area contributed by atoms with E-state index in [1.165, 1.54) is 19.3 Å². The van der Waals surface area contributed by atoms with Gasteiger partial charge in [-0.3, -0.25) is 0 Å². The fourth-order valence-electron chi connectivity index (χ4n) is 1.53. The van der Waals surface area contributed by atoms with Gasteiger partial charge in [-0.25, -0.2) is 0 Å². The van der Waals surface area contributed by atoms with Gasteiger partial charge in [-0.15, -0.1) is 0 Å². The predicted molar refractivity (Wildman–Crippen MR) is 77.7 cm³/mol. The Kier molecular flexibility index (Phi) is 16.1. The average Bonchev–Trinajstić information content (AvgIpc) is 2.83. The van der Waals surface area contributed by atoms with E-state index in [0.717, 1.165) is 25.6 Å². The molecule has 0 saturated carbocycles. The van der Waals surface area contributed by atoms with Gasteiger partial charge in [0.1, 0.15) is 6.79 Å². The molecule has 0 spiro atoms. The van der Waals surface area contributed by atoms with Gasteiger partial charge < -0.3 is 20.6 Å². The summed E-state index contributed by atoms with van der Waals surface area (Å²) in [5, 5.41) is 3.24. The van der Waals surface area contributed by atoms with Crippen molar-refractivity contribution in [3.63, 3.8) is 0 Å². The van der Waals surface area contributed by atoms with E-state index in [1.54, 1.807) is 0 Å². The van der Waals surface area contributed by atoms with Crippen molar-refractivity contribution in [3.05, 3.63) is 0 Å². The monoisotopic (exact) mass is 260 g/mol. The lowest BCUT2D eigenvalue weighted by Crippen LogP contribution is -2.20. The zero-order valence-corrected chi connectivity index (χ0v) is 12.6. The van der Waals surface area contributed by atoms with Gasteiger partial charge in [-0.2, -0.15) is 0 Å². The van der Waals surface area contributed by atoms with Crippen LogP contribution >= 0.6 is 0 Å². The first-order valence-electron chi connectivity index (χ1n) is 6.85. The van der Waals surface area contributed by atoms with Crippen molar-refractivity contribution < 1.29 is 9.53 Å². The van der Waals surface area contributed by atoms with Gasteiger partial charge in [0, 0.05) is 18.7 Å². The van der Waals surface area contributed by atoms with Crippen molar-refractivity contribution in [2.75, 3.05) is 20.3 Å². The van der Waals surface area contributed by atoms with E-state index in [9.17, 15) is 0 Å². The molecular weight excluding hydrogens is 228 g/mol. The van der Waals surface area contributed by atoms with E-state index in [2.05, 4.69) is 26.1 Å². The van der Waals surface area contributed by atoms with Crippen molar-refractivity contribution >= 4 is 6.79 Å². The van der Waals surface area contributed by atoms with E-state index in [0.29, 0.717) is 12.1 Å². The molecule has 0 aromatic carbocycles. The van der Waals surface area contributed by atoms with Crippen LogP contribution in [0.5, 0.6) is 0 Å². The Balaban J connectivity index is 0. The number of hydrogen-bond donors (Lipinski definition) is 2. The van der Waals surface area contributed by atoms with Crippen LogP contribution in [0.4, 0.5) is 0 Å². The zero-order valence-electron chi connectivity index (χ0n) is 12.6. The summed E-state index contributed by atoms with van der Waals surface area (Å²) in [4.78, 5) is 8.00. The van der Waals surface area contributed by atoms with Crippen molar-refractivity contribution in [3.8, 4) is 0 Å². The number of nitrogens with one attached hydrogen (secondary N) is 1. The van der Waals surface area contributed by atoms with Crippen LogP contribution in [-0.4, -0.2) is 39.1 Å². The maximum Gasteiger partial charge on any atom is 0.106 e. The fourth-order valence-corrected chi connectivity index (χ4v) is 1.53. The Hall–Kier alpha value is -0.450. The molecule has 4 nitrogen and oxygen atoms in total. The van der Waals surface area contributed by atoms with Crippen LogP contribution in [0.1, 0.15) is 46.5 Å². The first-order chi connectivity index (χ1) is 8.56. The van der Waals surface area contributed by atoms with Gasteiger partial charge in [-0.1, -0.05) is 26.7 Å². The Morgan fingerprint density at radius 1 is 1.33 bits per heavy atom. The number of rotatable bonds is 5. The second kappa shape index (κ2) is 14.6. The van der Waals surface area contributed by atoms with Gasteiger partial charge in [0.25, 0.3) is 0 Å². The second-order valence-corrected chi connectivity index (χ2v) is 5.14. The third-order valence-electron chi connectivity index (χ3n) is 2.88. The largest absolute Gasteiger partial charge is 0.380 e. The molecule has 0 radical (unpaired) electrons. The molecule has 2 unspecified atom stereocenters. The van der Waals surface area contributed by atoms with E-state index >= 15 is 0 Å². The maximum atomic E-state index is 8.00. The Morgan fingerprint density at radius 2 is 1.94 bits per heavy atom. The minimum absolute atomic E-state index is 0.324. The normalized spacial score (nSPS) is 19.6. The Bertz CT molecular complexity index is 160. The second-order valence-electron chi connectivity index (χ2n) is 5.14. The summed E-state index contributed by atoms with van der Waals surface area (Å²) in [6.07, 6.45) is 5.08. The van der Waals surface area contributed by atoms with Crippen molar-refractivity contribution in [2.45, 2.75) is 58.5 Å². The van der Waals surface area contributed by atoms with Crippen LogP contribution in [0.2, 0.25) is 0 Å². The van der Waals surface area contributed by atoms with E-state index in [4.69, 9.17) is 15.3 Å². The summed E-state index contributed by atoms with van der Waals surface area (Å²) in [6, 6.07) is 1.02. The number of carbonyl (C=O) groups is 1. The summed E-state index contributed by atoms with van der Waals surface area (Å²) >= 11 is 0. The molecule has 1 fully saturated rings. The zero-order chi connectivity index (χ0) is 14.4.